The molecule has 0 spiro atoms. The molecule has 1 amide bonds. The van der Waals surface area contributed by atoms with Gasteiger partial charge < -0.3 is 10.3 Å². The van der Waals surface area contributed by atoms with E-state index in [9.17, 15) is 14.4 Å². The molecule has 0 radical (unpaired) electrons. The fourth-order valence-corrected chi connectivity index (χ4v) is 2.52. The fourth-order valence-electron chi connectivity index (χ4n) is 2.26. The Morgan fingerprint density at radius 2 is 1.78 bits per heavy atom. The van der Waals surface area contributed by atoms with Crippen LogP contribution in [-0.4, -0.2) is 15.5 Å². The highest BCUT2D eigenvalue weighted by atomic mass is 79.9. The molecule has 1 heterocycles. The van der Waals surface area contributed by atoms with E-state index >= 15 is 0 Å². The average molecular weight is 374 g/mol. The van der Waals surface area contributed by atoms with E-state index in [1.165, 1.54) is 4.57 Å². The van der Waals surface area contributed by atoms with E-state index in [1.54, 1.807) is 48.5 Å². The second kappa shape index (κ2) is 6.21. The van der Waals surface area contributed by atoms with Crippen molar-refractivity contribution in [2.75, 3.05) is 5.32 Å². The molecule has 116 valence electrons. The number of nitrogens with one attached hydrogen (secondary N) is 2. The number of hydrogen-bond donors (Lipinski definition) is 2. The molecule has 7 heteroatoms. The van der Waals surface area contributed by atoms with Crippen LogP contribution in [0.2, 0.25) is 0 Å². The summed E-state index contributed by atoms with van der Waals surface area (Å²) in [6.07, 6.45) is 0. The van der Waals surface area contributed by atoms with Crippen molar-refractivity contribution in [1.82, 2.24) is 9.55 Å². The molecule has 0 atom stereocenters. The van der Waals surface area contributed by atoms with Crippen molar-refractivity contribution in [3.8, 4) is 0 Å². The summed E-state index contributed by atoms with van der Waals surface area (Å²) in [5.41, 5.74) is 0.117. The standard InChI is InChI=1S/C16H12BrN3O3/c17-10-5-7-11(8-6-10)18-14(21)9-20-13-4-2-1-3-12(13)19-15(22)16(20)23/h1-8H,9H2,(H,18,21)(H,19,22). The maximum atomic E-state index is 12.2. The summed E-state index contributed by atoms with van der Waals surface area (Å²) < 4.78 is 2.06. The van der Waals surface area contributed by atoms with Gasteiger partial charge in [0.1, 0.15) is 6.54 Å². The highest BCUT2D eigenvalue weighted by molar-refractivity contribution is 9.10. The van der Waals surface area contributed by atoms with E-state index in [1.807, 2.05) is 0 Å². The van der Waals surface area contributed by atoms with Crippen LogP contribution >= 0.6 is 15.9 Å². The summed E-state index contributed by atoms with van der Waals surface area (Å²) in [7, 11) is 0. The Hall–Kier alpha value is -2.67. The molecule has 23 heavy (non-hydrogen) atoms. The lowest BCUT2D eigenvalue weighted by Crippen LogP contribution is -2.38. The highest BCUT2D eigenvalue weighted by Gasteiger charge is 2.11. The third kappa shape index (κ3) is 3.24. The molecule has 0 saturated heterocycles. The first-order valence-corrected chi connectivity index (χ1v) is 7.61. The molecule has 3 aromatic rings. The number of aromatic amines is 1. The van der Waals surface area contributed by atoms with Crippen molar-refractivity contribution >= 4 is 38.6 Å². The third-order valence-corrected chi connectivity index (χ3v) is 3.84. The van der Waals surface area contributed by atoms with Gasteiger partial charge in [-0.25, -0.2) is 0 Å². The molecule has 0 saturated carbocycles. The first-order valence-electron chi connectivity index (χ1n) is 6.82. The molecule has 6 nitrogen and oxygen atoms in total. The van der Waals surface area contributed by atoms with Crippen LogP contribution in [0.4, 0.5) is 5.69 Å². The van der Waals surface area contributed by atoms with Crippen LogP contribution in [0.25, 0.3) is 11.0 Å². The van der Waals surface area contributed by atoms with Gasteiger partial charge in [-0.2, -0.15) is 0 Å². The number of benzene rings is 2. The maximum absolute atomic E-state index is 12.2. The Labute approximate surface area is 138 Å². The summed E-state index contributed by atoms with van der Waals surface area (Å²) in [5.74, 6) is -0.384. The quantitative estimate of drug-likeness (QED) is 0.689. The Morgan fingerprint density at radius 3 is 2.52 bits per heavy atom. The van der Waals surface area contributed by atoms with Gasteiger partial charge in [0.15, 0.2) is 0 Å². The lowest BCUT2D eigenvalue weighted by molar-refractivity contribution is -0.116. The number of aromatic nitrogens is 2. The van der Waals surface area contributed by atoms with Crippen LogP contribution < -0.4 is 16.4 Å². The summed E-state index contributed by atoms with van der Waals surface area (Å²) in [6.45, 7) is -0.237. The van der Waals surface area contributed by atoms with Gasteiger partial charge in [0.2, 0.25) is 5.91 Å². The van der Waals surface area contributed by atoms with Gasteiger partial charge >= 0.3 is 11.1 Å². The predicted octanol–water partition coefficient (Wildman–Crippen LogP) is 2.09. The van der Waals surface area contributed by atoms with Gasteiger partial charge in [-0.3, -0.25) is 19.0 Å². The van der Waals surface area contributed by atoms with Crippen molar-refractivity contribution in [1.29, 1.82) is 0 Å². The third-order valence-electron chi connectivity index (χ3n) is 3.31. The minimum Gasteiger partial charge on any atom is -0.325 e. The smallest absolute Gasteiger partial charge is 0.317 e. The highest BCUT2D eigenvalue weighted by Crippen LogP contribution is 2.14. The summed E-state index contributed by atoms with van der Waals surface area (Å²) in [5, 5.41) is 2.70. The second-order valence-corrected chi connectivity index (χ2v) is 5.83. The molecule has 0 unspecified atom stereocenters. The normalized spacial score (nSPS) is 10.7. The summed E-state index contributed by atoms with van der Waals surface area (Å²) in [6, 6.07) is 13.9. The molecule has 2 N–H and O–H groups in total. The number of hydrogen-bond acceptors (Lipinski definition) is 3. The van der Waals surface area contributed by atoms with E-state index in [-0.39, 0.29) is 12.5 Å². The molecular formula is C16H12BrN3O3. The minimum atomic E-state index is -0.755. The Kier molecular flexibility index (Phi) is 4.12. The van der Waals surface area contributed by atoms with Crippen LogP contribution in [0.5, 0.6) is 0 Å². The number of amides is 1. The van der Waals surface area contributed by atoms with Crippen molar-refractivity contribution in [2.24, 2.45) is 0 Å². The molecule has 2 aromatic carbocycles. The lowest BCUT2D eigenvalue weighted by atomic mass is 10.3. The summed E-state index contributed by atoms with van der Waals surface area (Å²) in [4.78, 5) is 38.4. The van der Waals surface area contributed by atoms with Crippen LogP contribution in [-0.2, 0) is 11.3 Å². The zero-order valence-electron chi connectivity index (χ0n) is 11.9. The van der Waals surface area contributed by atoms with E-state index in [4.69, 9.17) is 0 Å². The number of fused-ring (bicyclic) bond motifs is 1. The lowest BCUT2D eigenvalue weighted by Gasteiger charge is -2.10. The van der Waals surface area contributed by atoms with Crippen molar-refractivity contribution in [3.05, 3.63) is 73.7 Å². The van der Waals surface area contributed by atoms with Gasteiger partial charge in [0.25, 0.3) is 0 Å². The molecule has 0 bridgehead atoms. The number of H-pyrrole nitrogens is 1. The van der Waals surface area contributed by atoms with E-state index < -0.39 is 11.1 Å². The van der Waals surface area contributed by atoms with Gasteiger partial charge in [-0.15, -0.1) is 0 Å². The van der Waals surface area contributed by atoms with Gasteiger partial charge in [-0.05, 0) is 36.4 Å². The molecule has 3 rings (SSSR count). The average Bonchev–Trinajstić information content (AvgIpc) is 2.54. The van der Waals surface area contributed by atoms with E-state index in [0.29, 0.717) is 16.7 Å². The topological polar surface area (TPSA) is 84.0 Å². The summed E-state index contributed by atoms with van der Waals surface area (Å²) >= 11 is 3.31. The molecule has 0 aliphatic carbocycles. The molecule has 1 aromatic heterocycles. The number of carbonyl (C=O) groups excluding carboxylic acids is 1. The van der Waals surface area contributed by atoms with Crippen LogP contribution in [0, 0.1) is 0 Å². The fraction of sp³-hybridized carbons (Fsp3) is 0.0625. The van der Waals surface area contributed by atoms with Crippen molar-refractivity contribution in [2.45, 2.75) is 6.54 Å². The van der Waals surface area contributed by atoms with Crippen molar-refractivity contribution < 1.29 is 4.79 Å². The van der Waals surface area contributed by atoms with Gasteiger partial charge in [-0.1, -0.05) is 28.1 Å². The van der Waals surface area contributed by atoms with E-state index in [2.05, 4.69) is 26.2 Å². The molecule has 0 aliphatic rings. The Bertz CT molecular complexity index is 990. The van der Waals surface area contributed by atoms with E-state index in [0.717, 1.165) is 4.47 Å². The predicted molar refractivity (Wildman–Crippen MR) is 91.6 cm³/mol. The zero-order valence-corrected chi connectivity index (χ0v) is 13.5. The number of anilines is 1. The molecular weight excluding hydrogens is 362 g/mol. The van der Waals surface area contributed by atoms with Crippen molar-refractivity contribution in [3.63, 3.8) is 0 Å². The zero-order chi connectivity index (χ0) is 16.4. The van der Waals surface area contributed by atoms with Crippen LogP contribution in [0.15, 0.2) is 62.6 Å². The van der Waals surface area contributed by atoms with Gasteiger partial charge in [0, 0.05) is 10.2 Å². The minimum absolute atomic E-state index is 0.237. The number of rotatable bonds is 3. The second-order valence-electron chi connectivity index (χ2n) is 4.92. The number of carbonyl (C=O) groups is 1. The van der Waals surface area contributed by atoms with Crippen LogP contribution in [0.3, 0.4) is 0 Å². The Balaban J connectivity index is 1.93. The number of halogens is 1. The maximum Gasteiger partial charge on any atom is 0.317 e. The van der Waals surface area contributed by atoms with Crippen LogP contribution in [0.1, 0.15) is 0 Å². The monoisotopic (exact) mass is 373 g/mol. The van der Waals surface area contributed by atoms with Gasteiger partial charge in [0.05, 0.1) is 11.0 Å². The number of nitrogens with zero attached hydrogens (tertiary/aromatic N) is 1. The Morgan fingerprint density at radius 1 is 1.09 bits per heavy atom. The number of para-hydroxylation sites is 2. The first kappa shape index (κ1) is 15.2. The largest absolute Gasteiger partial charge is 0.325 e. The first-order chi connectivity index (χ1) is 11.0. The molecule has 0 aliphatic heterocycles. The SMILES string of the molecule is O=C(Cn1c(=O)c(=O)[nH]c2ccccc21)Nc1ccc(Br)cc1. The molecule has 0 fully saturated rings.